The van der Waals surface area contributed by atoms with Crippen molar-refractivity contribution in [2.75, 3.05) is 74.9 Å². The number of ether oxygens (including phenoxy) is 8. The molecule has 0 spiro atoms. The quantitative estimate of drug-likeness (QED) is 0.0747. The molecule has 2 N–H and O–H groups in total. The van der Waals surface area contributed by atoms with Crippen LogP contribution in [0.3, 0.4) is 0 Å². The summed E-state index contributed by atoms with van der Waals surface area (Å²) in [6, 6.07) is 18.8. The van der Waals surface area contributed by atoms with Gasteiger partial charge in [-0.05, 0) is 0 Å². The number of nitriles is 1. The fraction of sp³-hybridized carbons (Fsp3) is 0.293. The summed E-state index contributed by atoms with van der Waals surface area (Å²) in [5.41, 5.74) is 1.22. The molecule has 0 aliphatic carbocycles. The number of hydrogen-bond acceptors (Lipinski definition) is 12. The Kier molecular flexibility index (Phi) is 15.9. The summed E-state index contributed by atoms with van der Waals surface area (Å²) in [7, 11) is 8.00. The monoisotopic (exact) mass is 865 g/mol. The molecule has 0 unspecified atom stereocenters. The summed E-state index contributed by atoms with van der Waals surface area (Å²) in [6.45, 7) is 0.161. The molecule has 4 aromatic carbocycles. The first kappa shape index (κ1) is 43.7. The summed E-state index contributed by atoms with van der Waals surface area (Å²) in [6.07, 6.45) is 0.237. The van der Waals surface area contributed by atoms with Gasteiger partial charge in [0.25, 0.3) is 0 Å². The third-order valence-electron chi connectivity index (χ3n) is 9.05. The van der Waals surface area contributed by atoms with Crippen LogP contribution in [0.5, 0.6) is 51.7 Å². The number of methoxy groups -OCH3 is 8. The van der Waals surface area contributed by atoms with Crippen LogP contribution in [0.1, 0.15) is 18.4 Å². The summed E-state index contributed by atoms with van der Waals surface area (Å²) in [5.74, 6) is 7.67. The van der Waals surface area contributed by atoms with Crippen molar-refractivity contribution in [3.8, 4) is 69.7 Å². The first-order chi connectivity index (χ1) is 27.6. The fourth-order valence-corrected chi connectivity index (χ4v) is 12.4. The van der Waals surface area contributed by atoms with E-state index in [0.717, 1.165) is 0 Å². The molecule has 302 valence electrons. The van der Waals surface area contributed by atoms with Crippen LogP contribution in [0.4, 0.5) is 5.69 Å². The third kappa shape index (κ3) is 9.87. The molecule has 0 aliphatic heterocycles. The van der Waals surface area contributed by atoms with Gasteiger partial charge < -0.3 is 0 Å². The maximum atomic E-state index is 14.6. The van der Waals surface area contributed by atoms with Crippen molar-refractivity contribution < 1.29 is 51.3 Å². The maximum absolute atomic E-state index is 14.6. The van der Waals surface area contributed by atoms with Crippen molar-refractivity contribution in [3.63, 3.8) is 0 Å². The molecule has 0 fully saturated rings. The first-order valence-electron chi connectivity index (χ1n) is 17.3. The van der Waals surface area contributed by atoms with Crippen LogP contribution < -0.4 is 68.3 Å². The fourth-order valence-electron chi connectivity index (χ4n) is 6.56. The number of carbonyl (C=O) groups excluding carboxylic acids is 2. The predicted molar refractivity (Wildman–Crippen MR) is 223 cm³/mol. The summed E-state index contributed by atoms with van der Waals surface area (Å²) >= 11 is 3.22. The van der Waals surface area contributed by atoms with Gasteiger partial charge in [0, 0.05) is 5.92 Å². The Labute approximate surface area is 341 Å². The van der Waals surface area contributed by atoms with Gasteiger partial charge in [-0.1, -0.05) is 5.92 Å². The number of carbonyl (C=O) groups is 2. The molecule has 0 saturated heterocycles. The van der Waals surface area contributed by atoms with E-state index in [-0.39, 0.29) is 36.7 Å². The molecule has 4 rings (SSSR count). The average Bonchev–Trinajstić information content (AvgIpc) is 3.25. The van der Waals surface area contributed by atoms with E-state index in [0.29, 0.717) is 79.6 Å². The number of anilines is 1. The minimum atomic E-state index is -4.10. The van der Waals surface area contributed by atoms with Crippen molar-refractivity contribution in [1.82, 2.24) is 5.32 Å². The molecule has 0 saturated carbocycles. The molecule has 0 bridgehead atoms. The topological polar surface area (TPSA) is 165 Å². The Morgan fingerprint density at radius 3 is 1.44 bits per heavy atom. The number of benzene rings is 4. The Balaban J connectivity index is 1.91. The van der Waals surface area contributed by atoms with E-state index in [4.69, 9.17) is 47.0 Å². The molecule has 14 nitrogen and oxygen atoms in total. The SMILES string of the molecule is COc1cc(OC)c([PH](CC(=O)NCCCC(=O)Nc2ccc(C#CC#N)cc2)(c2c(OC)cc(OC)cc2OC)c2c(OC)cc(OC)cc2OBr)c(OC)c1. The number of nitrogens with one attached hydrogen (secondary N) is 2. The Bertz CT molecular complexity index is 1940. The number of amides is 2. The Morgan fingerprint density at radius 1 is 0.632 bits per heavy atom. The molecule has 0 atom stereocenters. The van der Waals surface area contributed by atoms with Gasteiger partial charge in [-0.2, -0.15) is 5.26 Å². The van der Waals surface area contributed by atoms with Gasteiger partial charge in [0.15, 0.2) is 6.07 Å². The van der Waals surface area contributed by atoms with E-state index in [9.17, 15) is 9.59 Å². The van der Waals surface area contributed by atoms with Gasteiger partial charge in [0.1, 0.15) is 0 Å². The standard InChI is InChI=1S/C41H45BrN3O11P/c1-48-28-19-31(51-4)39(32(20-28)52-5)57(40-33(53-6)21-29(49-2)22-34(40)54-7,41-35(55-8)23-30(50-3)24-36(41)56-42)25-38(47)44-18-10-12-37(46)45-27-15-13-26(14-16-27)11-9-17-43/h13-16,19-24,57H,10,12,18,25H2,1-8H3,(H,44,47)(H,45,46). The van der Waals surface area contributed by atoms with E-state index in [1.54, 1.807) is 66.7 Å². The predicted octanol–water partition coefficient (Wildman–Crippen LogP) is 4.88. The molecule has 4 aromatic rings. The van der Waals surface area contributed by atoms with E-state index >= 15 is 0 Å². The van der Waals surface area contributed by atoms with Crippen molar-refractivity contribution in [1.29, 1.82) is 5.26 Å². The summed E-state index contributed by atoms with van der Waals surface area (Å²) in [5, 5.41) is 16.0. The van der Waals surface area contributed by atoms with Crippen molar-refractivity contribution >= 4 is 56.9 Å². The van der Waals surface area contributed by atoms with E-state index in [2.05, 4.69) is 38.7 Å². The van der Waals surface area contributed by atoms with Crippen LogP contribution in [-0.2, 0) is 9.59 Å². The van der Waals surface area contributed by atoms with Gasteiger partial charge >= 0.3 is 319 Å². The van der Waals surface area contributed by atoms with Gasteiger partial charge in [-0.3, -0.25) is 0 Å². The van der Waals surface area contributed by atoms with Crippen molar-refractivity contribution in [3.05, 3.63) is 66.2 Å². The van der Waals surface area contributed by atoms with Gasteiger partial charge in [0.2, 0.25) is 0 Å². The Hall–Kier alpha value is -6.02. The number of hydrogen-bond donors (Lipinski definition) is 2. The molecule has 0 aliphatic rings. The van der Waals surface area contributed by atoms with Gasteiger partial charge in [-0.25, -0.2) is 0 Å². The molecule has 57 heavy (non-hydrogen) atoms. The Morgan fingerprint density at radius 2 is 1.05 bits per heavy atom. The number of nitrogens with zero attached hydrogens (tertiary/aromatic N) is 1. The molecular weight excluding hydrogens is 821 g/mol. The summed E-state index contributed by atoms with van der Waals surface area (Å²) < 4.78 is 53.3. The molecule has 2 amide bonds. The molecule has 16 heteroatoms. The van der Waals surface area contributed by atoms with Crippen molar-refractivity contribution in [2.45, 2.75) is 12.8 Å². The zero-order valence-electron chi connectivity index (χ0n) is 32.9. The number of rotatable bonds is 19. The van der Waals surface area contributed by atoms with Gasteiger partial charge in [-0.15, -0.1) is 0 Å². The zero-order chi connectivity index (χ0) is 41.5. The van der Waals surface area contributed by atoms with Crippen LogP contribution >= 0.6 is 23.5 Å². The van der Waals surface area contributed by atoms with E-state index in [1.807, 2.05) is 0 Å². The van der Waals surface area contributed by atoms with Crippen molar-refractivity contribution in [2.24, 2.45) is 0 Å². The number of halogens is 1. The summed E-state index contributed by atoms with van der Waals surface area (Å²) in [4.78, 5) is 27.5. The molecule has 0 aromatic heterocycles. The van der Waals surface area contributed by atoms with Crippen LogP contribution in [0.25, 0.3) is 0 Å². The third-order valence-corrected chi connectivity index (χ3v) is 14.3. The van der Waals surface area contributed by atoms with E-state index < -0.39 is 7.26 Å². The van der Waals surface area contributed by atoms with E-state index in [1.165, 1.54) is 56.9 Å². The second kappa shape index (κ2) is 20.8. The molecular formula is C41H45BrN3O11P. The first-order valence-corrected chi connectivity index (χ1v) is 20.2. The van der Waals surface area contributed by atoms with Crippen LogP contribution in [0.2, 0.25) is 0 Å². The minimum absolute atomic E-state index is 0.118. The second-order valence-corrected chi connectivity index (χ2v) is 16.1. The van der Waals surface area contributed by atoms with Gasteiger partial charge in [0.05, 0.1) is 0 Å². The second-order valence-electron chi connectivity index (χ2n) is 12.1. The van der Waals surface area contributed by atoms with Crippen LogP contribution in [0, 0.1) is 23.2 Å². The average molecular weight is 867 g/mol. The normalized spacial score (nSPS) is 10.7. The van der Waals surface area contributed by atoms with Crippen LogP contribution in [0.15, 0.2) is 60.7 Å². The van der Waals surface area contributed by atoms with Crippen LogP contribution in [-0.4, -0.2) is 81.4 Å². The zero-order valence-corrected chi connectivity index (χ0v) is 35.5. The molecule has 0 radical (unpaired) electrons. The molecule has 0 heterocycles.